The Hall–Kier alpha value is -0.800. The third-order valence-corrected chi connectivity index (χ3v) is 1.96. The van der Waals surface area contributed by atoms with Gasteiger partial charge in [0.2, 0.25) is 0 Å². The van der Waals surface area contributed by atoms with Gasteiger partial charge in [0.1, 0.15) is 11.5 Å². The summed E-state index contributed by atoms with van der Waals surface area (Å²) < 4.78 is 5.48. The van der Waals surface area contributed by atoms with Gasteiger partial charge in [0.05, 0.1) is 13.2 Å². The molecular weight excluding hydrogens is 166 g/mol. The highest BCUT2D eigenvalue weighted by Crippen LogP contribution is 2.07. The molecule has 1 rings (SSSR count). The second kappa shape index (κ2) is 5.04. The largest absolute Gasteiger partial charge is 0.465 e. The molecule has 1 atom stereocenters. The number of aliphatic hydroxyl groups is 1. The van der Waals surface area contributed by atoms with Crippen LogP contribution in [-0.2, 0) is 13.0 Å². The number of hydrogen-bond donors (Lipinski definition) is 2. The molecule has 0 spiro atoms. The molecule has 0 fully saturated rings. The first kappa shape index (κ1) is 10.3. The first-order chi connectivity index (χ1) is 6.26. The van der Waals surface area contributed by atoms with Crippen molar-refractivity contribution in [2.75, 3.05) is 6.61 Å². The molecule has 0 saturated carbocycles. The van der Waals surface area contributed by atoms with Gasteiger partial charge >= 0.3 is 0 Å². The van der Waals surface area contributed by atoms with E-state index in [0.717, 1.165) is 17.9 Å². The minimum absolute atomic E-state index is 0.121. The van der Waals surface area contributed by atoms with E-state index >= 15 is 0 Å². The maximum Gasteiger partial charge on any atom is 0.117 e. The Morgan fingerprint density at radius 1 is 1.46 bits per heavy atom. The minimum atomic E-state index is 0.121. The lowest BCUT2D eigenvalue weighted by Gasteiger charge is -2.08. The fraction of sp³-hybridized carbons (Fsp3) is 0.600. The number of aryl methyl sites for hydroxylation is 1. The maximum absolute atomic E-state index is 8.77. The smallest absolute Gasteiger partial charge is 0.117 e. The molecule has 0 aliphatic heterocycles. The van der Waals surface area contributed by atoms with Crippen molar-refractivity contribution in [3.63, 3.8) is 0 Å². The number of nitrogens with one attached hydrogen (secondary N) is 1. The fourth-order valence-electron chi connectivity index (χ4n) is 1.05. The van der Waals surface area contributed by atoms with Crippen LogP contribution in [0.1, 0.15) is 25.4 Å². The zero-order valence-electron chi connectivity index (χ0n) is 8.21. The Morgan fingerprint density at radius 3 is 2.69 bits per heavy atom. The summed E-state index contributed by atoms with van der Waals surface area (Å²) in [4.78, 5) is 0. The van der Waals surface area contributed by atoms with Crippen LogP contribution >= 0.6 is 0 Å². The van der Waals surface area contributed by atoms with Gasteiger partial charge in [-0.1, -0.05) is 6.92 Å². The van der Waals surface area contributed by atoms with Crippen LogP contribution in [0.15, 0.2) is 16.5 Å². The summed E-state index contributed by atoms with van der Waals surface area (Å²) in [7, 11) is 0. The van der Waals surface area contributed by atoms with Crippen LogP contribution in [0.3, 0.4) is 0 Å². The van der Waals surface area contributed by atoms with E-state index < -0.39 is 0 Å². The van der Waals surface area contributed by atoms with E-state index in [4.69, 9.17) is 9.52 Å². The first-order valence-electron chi connectivity index (χ1n) is 4.68. The first-order valence-corrected chi connectivity index (χ1v) is 4.68. The van der Waals surface area contributed by atoms with E-state index in [9.17, 15) is 0 Å². The van der Waals surface area contributed by atoms with E-state index in [2.05, 4.69) is 12.2 Å². The molecule has 3 heteroatoms. The lowest BCUT2D eigenvalue weighted by molar-refractivity contribution is 0.248. The number of aliphatic hydroxyl groups excluding tert-OH is 1. The molecule has 0 amide bonds. The average Bonchev–Trinajstić information content (AvgIpc) is 2.61. The van der Waals surface area contributed by atoms with Crippen LogP contribution in [0.5, 0.6) is 0 Å². The topological polar surface area (TPSA) is 45.4 Å². The fourth-order valence-corrected chi connectivity index (χ4v) is 1.05. The summed E-state index contributed by atoms with van der Waals surface area (Å²) in [6, 6.07) is 4.08. The third-order valence-electron chi connectivity index (χ3n) is 1.96. The van der Waals surface area contributed by atoms with Crippen molar-refractivity contribution in [3.05, 3.63) is 23.7 Å². The quantitative estimate of drug-likeness (QED) is 0.723. The molecule has 74 valence electrons. The molecule has 13 heavy (non-hydrogen) atoms. The molecule has 2 N–H and O–H groups in total. The normalized spacial score (nSPS) is 13.2. The van der Waals surface area contributed by atoms with Crippen LogP contribution in [0.25, 0.3) is 0 Å². The van der Waals surface area contributed by atoms with Crippen molar-refractivity contribution in [2.24, 2.45) is 0 Å². The highest BCUT2D eigenvalue weighted by Gasteiger charge is 2.02. The molecule has 3 nitrogen and oxygen atoms in total. The molecule has 1 heterocycles. The van der Waals surface area contributed by atoms with Gasteiger partial charge in [-0.05, 0) is 19.1 Å². The Bertz CT molecular complexity index is 245. The van der Waals surface area contributed by atoms with Gasteiger partial charge < -0.3 is 14.8 Å². The van der Waals surface area contributed by atoms with Gasteiger partial charge in [-0.25, -0.2) is 0 Å². The second-order valence-corrected chi connectivity index (χ2v) is 3.19. The van der Waals surface area contributed by atoms with Crippen LogP contribution < -0.4 is 5.32 Å². The van der Waals surface area contributed by atoms with Crippen molar-refractivity contribution >= 4 is 0 Å². The highest BCUT2D eigenvalue weighted by atomic mass is 16.3. The zero-order chi connectivity index (χ0) is 9.68. The lowest BCUT2D eigenvalue weighted by Crippen LogP contribution is -2.28. The minimum Gasteiger partial charge on any atom is -0.465 e. The predicted molar refractivity (Wildman–Crippen MR) is 51.5 cm³/mol. The average molecular weight is 183 g/mol. The lowest BCUT2D eigenvalue weighted by atomic mass is 10.3. The molecule has 0 unspecified atom stereocenters. The van der Waals surface area contributed by atoms with E-state index in [1.54, 1.807) is 0 Å². The molecular formula is C10H17NO2. The Morgan fingerprint density at radius 2 is 2.15 bits per heavy atom. The van der Waals surface area contributed by atoms with Crippen LogP contribution in [-0.4, -0.2) is 17.8 Å². The Balaban J connectivity index is 2.36. The molecule has 0 aliphatic carbocycles. The summed E-state index contributed by atoms with van der Waals surface area (Å²) >= 11 is 0. The van der Waals surface area contributed by atoms with Gasteiger partial charge in [0, 0.05) is 12.5 Å². The van der Waals surface area contributed by atoms with Crippen LogP contribution in [0.2, 0.25) is 0 Å². The molecule has 0 saturated heterocycles. The Kier molecular flexibility index (Phi) is 3.99. The maximum atomic E-state index is 8.77. The number of furan rings is 1. The zero-order valence-corrected chi connectivity index (χ0v) is 8.21. The molecule has 0 bridgehead atoms. The standard InChI is InChI=1S/C10H17NO2/c1-3-9-4-5-10(13-9)6-11-8(2)7-12/h4-5,8,11-12H,3,6-7H2,1-2H3/t8-/m0/s1. The number of hydrogen-bond acceptors (Lipinski definition) is 3. The van der Waals surface area contributed by atoms with E-state index in [1.807, 2.05) is 19.1 Å². The van der Waals surface area contributed by atoms with Gasteiger partial charge in [-0.15, -0.1) is 0 Å². The van der Waals surface area contributed by atoms with Crippen molar-refractivity contribution in [3.8, 4) is 0 Å². The summed E-state index contributed by atoms with van der Waals surface area (Å²) in [5.74, 6) is 1.94. The predicted octanol–water partition coefficient (Wildman–Crippen LogP) is 1.31. The third kappa shape index (κ3) is 3.20. The van der Waals surface area contributed by atoms with Gasteiger partial charge in [-0.2, -0.15) is 0 Å². The van der Waals surface area contributed by atoms with E-state index in [1.165, 1.54) is 0 Å². The van der Waals surface area contributed by atoms with Crippen LogP contribution in [0.4, 0.5) is 0 Å². The van der Waals surface area contributed by atoms with Gasteiger partial charge in [-0.3, -0.25) is 0 Å². The van der Waals surface area contributed by atoms with E-state index in [0.29, 0.717) is 6.54 Å². The van der Waals surface area contributed by atoms with E-state index in [-0.39, 0.29) is 12.6 Å². The Labute approximate surface area is 78.8 Å². The summed E-state index contributed by atoms with van der Waals surface area (Å²) in [6.45, 7) is 4.83. The molecule has 0 aromatic carbocycles. The van der Waals surface area contributed by atoms with Gasteiger partial charge in [0.25, 0.3) is 0 Å². The summed E-state index contributed by atoms with van der Waals surface area (Å²) in [6.07, 6.45) is 0.926. The van der Waals surface area contributed by atoms with Crippen molar-refractivity contribution in [1.29, 1.82) is 0 Å². The van der Waals surface area contributed by atoms with Crippen molar-refractivity contribution in [1.82, 2.24) is 5.32 Å². The van der Waals surface area contributed by atoms with Gasteiger partial charge in [0.15, 0.2) is 0 Å². The summed E-state index contributed by atoms with van der Waals surface area (Å²) in [5, 5.41) is 11.9. The summed E-state index contributed by atoms with van der Waals surface area (Å²) in [5.41, 5.74) is 0. The monoisotopic (exact) mass is 183 g/mol. The highest BCUT2D eigenvalue weighted by molar-refractivity contribution is 5.06. The molecule has 0 aliphatic rings. The second-order valence-electron chi connectivity index (χ2n) is 3.19. The van der Waals surface area contributed by atoms with Crippen LogP contribution in [0, 0.1) is 0 Å². The molecule has 1 aromatic heterocycles. The SMILES string of the molecule is CCc1ccc(CN[C@@H](C)CO)o1. The molecule has 0 radical (unpaired) electrons. The van der Waals surface area contributed by atoms with Crippen molar-refractivity contribution in [2.45, 2.75) is 32.9 Å². The van der Waals surface area contributed by atoms with Crippen molar-refractivity contribution < 1.29 is 9.52 Å². The number of rotatable bonds is 5. The molecule has 1 aromatic rings.